The Bertz CT molecular complexity index is 1010. The number of carbonyl (C=O) groups is 1. The molecule has 0 aromatic heterocycles. The molecular weight excluding hydrogens is 415 g/mol. The predicted molar refractivity (Wildman–Crippen MR) is 136 cm³/mol. The van der Waals surface area contributed by atoms with Crippen molar-refractivity contribution < 1.29 is 18.7 Å². The van der Waals surface area contributed by atoms with Crippen molar-refractivity contribution in [2.45, 2.75) is 40.0 Å². The van der Waals surface area contributed by atoms with Crippen molar-refractivity contribution in [2.24, 2.45) is 0 Å². The van der Waals surface area contributed by atoms with Crippen molar-refractivity contribution in [3.8, 4) is 11.5 Å². The van der Waals surface area contributed by atoms with Crippen molar-refractivity contribution in [3.63, 3.8) is 0 Å². The van der Waals surface area contributed by atoms with Crippen LogP contribution in [0.1, 0.15) is 61.5 Å². The smallest absolute Gasteiger partial charge is 0.161 e. The third-order valence-electron chi connectivity index (χ3n) is 5.02. The molecule has 176 valence electrons. The van der Waals surface area contributed by atoms with Gasteiger partial charge in [0, 0.05) is 11.5 Å². The van der Waals surface area contributed by atoms with Crippen LogP contribution in [0.25, 0.3) is 5.57 Å². The molecule has 0 saturated carbocycles. The third-order valence-corrected chi connectivity index (χ3v) is 5.02. The second-order valence-electron chi connectivity index (χ2n) is 7.03. The summed E-state index contributed by atoms with van der Waals surface area (Å²) in [7, 11) is 3.30. The lowest BCUT2D eigenvalue weighted by atomic mass is 9.86. The van der Waals surface area contributed by atoms with Crippen molar-refractivity contribution in [3.05, 3.63) is 102 Å². The summed E-state index contributed by atoms with van der Waals surface area (Å²) >= 11 is 0. The molecule has 0 spiro atoms. The molecular formula is C29H35FO3. The first-order valence-electron chi connectivity index (χ1n) is 11.1. The molecule has 0 aliphatic heterocycles. The summed E-state index contributed by atoms with van der Waals surface area (Å²) in [5, 5.41) is 0. The second kappa shape index (κ2) is 14.6. The lowest BCUT2D eigenvalue weighted by Gasteiger charge is -2.20. The van der Waals surface area contributed by atoms with Gasteiger partial charge in [-0.15, -0.1) is 0 Å². The van der Waals surface area contributed by atoms with Gasteiger partial charge >= 0.3 is 0 Å². The van der Waals surface area contributed by atoms with E-state index in [1.165, 1.54) is 30.7 Å². The molecule has 0 N–H and O–H groups in total. The molecule has 3 aromatic rings. The molecule has 0 aliphatic carbocycles. The molecule has 1 unspecified atom stereocenters. The molecule has 0 amide bonds. The van der Waals surface area contributed by atoms with E-state index < -0.39 is 0 Å². The van der Waals surface area contributed by atoms with E-state index in [4.69, 9.17) is 9.47 Å². The van der Waals surface area contributed by atoms with Crippen LogP contribution < -0.4 is 9.47 Å². The predicted octanol–water partition coefficient (Wildman–Crippen LogP) is 7.97. The topological polar surface area (TPSA) is 35.5 Å². The Kier molecular flexibility index (Phi) is 12.2. The highest BCUT2D eigenvalue weighted by Crippen LogP contribution is 2.37. The lowest BCUT2D eigenvalue weighted by Crippen LogP contribution is -2.01. The Morgan fingerprint density at radius 3 is 2.00 bits per heavy atom. The largest absolute Gasteiger partial charge is 0.493 e. The summed E-state index contributed by atoms with van der Waals surface area (Å²) < 4.78 is 23.0. The molecule has 0 heterocycles. The molecule has 0 fully saturated rings. The van der Waals surface area contributed by atoms with Crippen LogP contribution in [0.5, 0.6) is 11.5 Å². The zero-order valence-electron chi connectivity index (χ0n) is 20.5. The molecule has 33 heavy (non-hydrogen) atoms. The average molecular weight is 451 g/mol. The van der Waals surface area contributed by atoms with Crippen LogP contribution in [0.3, 0.4) is 0 Å². The number of allylic oxidation sites excluding steroid dienone is 1. The summed E-state index contributed by atoms with van der Waals surface area (Å²) in [5.74, 6) is 1.30. The van der Waals surface area contributed by atoms with Gasteiger partial charge in [-0.3, -0.25) is 4.79 Å². The van der Waals surface area contributed by atoms with Gasteiger partial charge in [-0.2, -0.15) is 0 Å². The fraction of sp³-hybridized carbons (Fsp3) is 0.276. The van der Waals surface area contributed by atoms with Gasteiger partial charge in [0.15, 0.2) is 17.3 Å². The first-order chi connectivity index (χ1) is 15.9. The Balaban J connectivity index is 0.000000380. The minimum atomic E-state index is -0.368. The van der Waals surface area contributed by atoms with E-state index in [1.54, 1.807) is 20.3 Å². The number of hydrogen-bond acceptors (Lipinski definition) is 3. The van der Waals surface area contributed by atoms with E-state index in [9.17, 15) is 9.18 Å². The zero-order chi connectivity index (χ0) is 24.8. The van der Waals surface area contributed by atoms with E-state index in [-0.39, 0.29) is 11.6 Å². The highest BCUT2D eigenvalue weighted by atomic mass is 19.1. The monoisotopic (exact) mass is 450 g/mol. The van der Waals surface area contributed by atoms with Gasteiger partial charge in [-0.25, -0.2) is 4.39 Å². The number of Topliss-reactive ketones (excluding diaryl/α,β-unsaturated/α-hetero) is 1. The summed E-state index contributed by atoms with van der Waals surface area (Å²) in [5.41, 5.74) is 3.90. The summed E-state index contributed by atoms with van der Waals surface area (Å²) in [6.45, 7) is 11.9. The molecule has 0 saturated heterocycles. The van der Waals surface area contributed by atoms with Gasteiger partial charge in [0.05, 0.1) is 14.2 Å². The highest BCUT2D eigenvalue weighted by molar-refractivity contribution is 5.93. The minimum Gasteiger partial charge on any atom is -0.493 e. The molecule has 1 atom stereocenters. The molecule has 3 rings (SSSR count). The molecule has 3 nitrogen and oxygen atoms in total. The van der Waals surface area contributed by atoms with Gasteiger partial charge in [0.1, 0.15) is 5.82 Å². The van der Waals surface area contributed by atoms with Gasteiger partial charge in [-0.1, -0.05) is 75.9 Å². The molecule has 4 heteroatoms. The van der Waals surface area contributed by atoms with E-state index in [1.807, 2.05) is 38.1 Å². The summed E-state index contributed by atoms with van der Waals surface area (Å²) in [6, 6.07) is 22.1. The molecule has 0 bridgehead atoms. The van der Waals surface area contributed by atoms with Crippen molar-refractivity contribution >= 4 is 11.4 Å². The third kappa shape index (κ3) is 8.23. The zero-order valence-corrected chi connectivity index (χ0v) is 20.5. The van der Waals surface area contributed by atoms with E-state index in [0.717, 1.165) is 29.1 Å². The maximum Gasteiger partial charge on any atom is 0.161 e. The van der Waals surface area contributed by atoms with Crippen molar-refractivity contribution in [1.29, 1.82) is 0 Å². The number of ketones is 1. The van der Waals surface area contributed by atoms with E-state index >= 15 is 0 Å². The van der Waals surface area contributed by atoms with Gasteiger partial charge in [0.25, 0.3) is 0 Å². The van der Waals surface area contributed by atoms with E-state index in [0.29, 0.717) is 11.5 Å². The first kappa shape index (κ1) is 27.6. The van der Waals surface area contributed by atoms with Crippen LogP contribution >= 0.6 is 0 Å². The summed E-state index contributed by atoms with van der Waals surface area (Å²) in [4.78, 5) is 10.6. The number of methoxy groups -OCH3 is 2. The van der Waals surface area contributed by atoms with Crippen LogP contribution in [0.4, 0.5) is 4.39 Å². The first-order valence-corrected chi connectivity index (χ1v) is 11.1. The number of hydrogen-bond donors (Lipinski definition) is 0. The number of halogens is 1. The maximum atomic E-state index is 12.4. The molecule has 3 aromatic carbocycles. The number of ether oxygens (including phenoxy) is 2. The van der Waals surface area contributed by atoms with Crippen LogP contribution in [0.15, 0.2) is 79.4 Å². The van der Waals surface area contributed by atoms with Crippen LogP contribution in [0.2, 0.25) is 0 Å². The Morgan fingerprint density at radius 1 is 0.879 bits per heavy atom. The SMILES string of the molecule is C=C(c1ccc(OC)c(OC)c1)C(CC)c1ccccc1.CC.CC(=O)c1cccc(F)c1. The molecule has 0 radical (unpaired) electrons. The van der Waals surface area contributed by atoms with Crippen LogP contribution in [-0.4, -0.2) is 20.0 Å². The maximum absolute atomic E-state index is 12.4. The fourth-order valence-electron chi connectivity index (χ4n) is 3.31. The average Bonchev–Trinajstić information content (AvgIpc) is 2.86. The number of rotatable bonds is 7. The lowest BCUT2D eigenvalue weighted by molar-refractivity contribution is 0.101. The van der Waals surface area contributed by atoms with Gasteiger partial charge < -0.3 is 9.47 Å². The van der Waals surface area contributed by atoms with Crippen molar-refractivity contribution in [1.82, 2.24) is 0 Å². The minimum absolute atomic E-state index is 0.112. The van der Waals surface area contributed by atoms with Crippen LogP contribution in [0, 0.1) is 5.82 Å². The molecule has 0 aliphatic rings. The summed E-state index contributed by atoms with van der Waals surface area (Å²) in [6.07, 6.45) is 1.01. The van der Waals surface area contributed by atoms with Gasteiger partial charge in [-0.05, 0) is 54.3 Å². The quantitative estimate of drug-likeness (QED) is 0.342. The number of carbonyl (C=O) groups excluding carboxylic acids is 1. The van der Waals surface area contributed by atoms with E-state index in [2.05, 4.69) is 37.8 Å². The van der Waals surface area contributed by atoms with Crippen molar-refractivity contribution in [2.75, 3.05) is 14.2 Å². The van der Waals surface area contributed by atoms with Crippen LogP contribution in [-0.2, 0) is 0 Å². The Morgan fingerprint density at radius 2 is 1.52 bits per heavy atom. The van der Waals surface area contributed by atoms with Gasteiger partial charge in [0.2, 0.25) is 0 Å². The standard InChI is InChI=1S/C19H22O2.C8H7FO.C2H6/c1-5-17(15-9-7-6-8-10-15)14(2)16-11-12-18(20-3)19(13-16)21-4;1-6(10)7-3-2-4-8(9)5-7;1-2/h6-13,17H,2,5H2,1,3-4H3;2-5H,1H3;1-2H3. The Labute approximate surface area is 197 Å². The normalized spacial score (nSPS) is 10.5. The fourth-order valence-corrected chi connectivity index (χ4v) is 3.31. The Hall–Kier alpha value is -3.40. The number of benzene rings is 3. The highest BCUT2D eigenvalue weighted by Gasteiger charge is 2.16. The second-order valence-corrected chi connectivity index (χ2v) is 7.03.